The van der Waals surface area contributed by atoms with E-state index in [9.17, 15) is 9.18 Å². The van der Waals surface area contributed by atoms with Crippen molar-refractivity contribution in [3.8, 4) is 0 Å². The van der Waals surface area contributed by atoms with E-state index in [1.165, 1.54) is 24.6 Å². The van der Waals surface area contributed by atoms with Crippen molar-refractivity contribution in [2.45, 2.75) is 33.1 Å². The monoisotopic (exact) mass is 369 g/mol. The fraction of sp³-hybridized carbons (Fsp3) is 0.455. The Morgan fingerprint density at radius 2 is 2.15 bits per heavy atom. The molecule has 4 nitrogen and oxygen atoms in total. The number of rotatable bonds is 5. The van der Waals surface area contributed by atoms with E-state index >= 15 is 0 Å². The average Bonchev–Trinajstić information content (AvgIpc) is 2.61. The van der Waals surface area contributed by atoms with Gasteiger partial charge in [-0.2, -0.15) is 0 Å². The summed E-state index contributed by atoms with van der Waals surface area (Å²) in [5.74, 6) is 1.36. The van der Waals surface area contributed by atoms with E-state index in [-0.39, 0.29) is 11.7 Å². The summed E-state index contributed by atoms with van der Waals surface area (Å²) in [5, 5.41) is 2.83. The molecule has 144 valence electrons. The Morgan fingerprint density at radius 1 is 1.33 bits per heavy atom. The van der Waals surface area contributed by atoms with Crippen molar-refractivity contribution < 1.29 is 9.18 Å². The lowest BCUT2D eigenvalue weighted by Crippen LogP contribution is -2.36. The third-order valence-electron chi connectivity index (χ3n) is 5.54. The SMILES string of the molecule is Cc1cc(F)ccc1C(=O)Nc1cccc(CCC2CCN(C)C[C@H]2C)n1. The molecule has 2 atom stereocenters. The van der Waals surface area contributed by atoms with Crippen molar-refractivity contribution in [1.29, 1.82) is 0 Å². The van der Waals surface area contributed by atoms with Crippen LogP contribution in [0.4, 0.5) is 10.2 Å². The van der Waals surface area contributed by atoms with Gasteiger partial charge in [-0.3, -0.25) is 4.79 Å². The van der Waals surface area contributed by atoms with Gasteiger partial charge < -0.3 is 10.2 Å². The maximum absolute atomic E-state index is 13.2. The largest absolute Gasteiger partial charge is 0.307 e. The number of carbonyl (C=O) groups is 1. The number of nitrogens with one attached hydrogen (secondary N) is 1. The fourth-order valence-corrected chi connectivity index (χ4v) is 3.92. The number of anilines is 1. The van der Waals surface area contributed by atoms with Gasteiger partial charge in [0, 0.05) is 17.8 Å². The zero-order chi connectivity index (χ0) is 19.4. The Hall–Kier alpha value is -2.27. The molecule has 5 heteroatoms. The van der Waals surface area contributed by atoms with Crippen LogP contribution in [0.15, 0.2) is 36.4 Å². The topological polar surface area (TPSA) is 45.2 Å². The number of pyridine rings is 1. The Kier molecular flexibility index (Phi) is 6.22. The number of halogens is 1. The van der Waals surface area contributed by atoms with Crippen molar-refractivity contribution in [3.63, 3.8) is 0 Å². The van der Waals surface area contributed by atoms with E-state index in [1.54, 1.807) is 13.0 Å². The summed E-state index contributed by atoms with van der Waals surface area (Å²) in [6.45, 7) is 6.38. The summed E-state index contributed by atoms with van der Waals surface area (Å²) < 4.78 is 13.2. The van der Waals surface area contributed by atoms with E-state index in [4.69, 9.17) is 0 Å². The first-order chi connectivity index (χ1) is 12.9. The second kappa shape index (κ2) is 8.61. The second-order valence-corrected chi connectivity index (χ2v) is 7.75. The molecule has 0 saturated carbocycles. The lowest BCUT2D eigenvalue weighted by molar-refractivity contribution is 0.102. The van der Waals surface area contributed by atoms with Crippen LogP contribution in [0.5, 0.6) is 0 Å². The van der Waals surface area contributed by atoms with Crippen LogP contribution in [0.2, 0.25) is 0 Å². The molecule has 1 aliphatic rings. The predicted molar refractivity (Wildman–Crippen MR) is 106 cm³/mol. The maximum atomic E-state index is 13.2. The van der Waals surface area contributed by atoms with E-state index in [0.29, 0.717) is 22.9 Å². The summed E-state index contributed by atoms with van der Waals surface area (Å²) in [4.78, 5) is 19.4. The first-order valence-corrected chi connectivity index (χ1v) is 9.64. The molecule has 0 bridgehead atoms. The minimum Gasteiger partial charge on any atom is -0.307 e. The van der Waals surface area contributed by atoms with Gasteiger partial charge in [0.2, 0.25) is 0 Å². The molecule has 0 aliphatic carbocycles. The molecule has 27 heavy (non-hydrogen) atoms. The molecule has 0 radical (unpaired) electrons. The highest BCUT2D eigenvalue weighted by Crippen LogP contribution is 2.26. The van der Waals surface area contributed by atoms with Crippen LogP contribution in [0, 0.1) is 24.6 Å². The minimum atomic E-state index is -0.340. The predicted octanol–water partition coefficient (Wildman–Crippen LogP) is 4.30. The molecule has 0 spiro atoms. The van der Waals surface area contributed by atoms with Gasteiger partial charge in [0.05, 0.1) is 0 Å². The third-order valence-corrected chi connectivity index (χ3v) is 5.54. The summed E-state index contributed by atoms with van der Waals surface area (Å²) >= 11 is 0. The zero-order valence-corrected chi connectivity index (χ0v) is 16.3. The molecular weight excluding hydrogens is 341 g/mol. The molecular formula is C22H28FN3O. The first kappa shape index (κ1) is 19.5. The van der Waals surface area contributed by atoms with Crippen molar-refractivity contribution in [1.82, 2.24) is 9.88 Å². The molecule has 1 unspecified atom stereocenters. The number of piperidine rings is 1. The molecule has 1 saturated heterocycles. The molecule has 1 aromatic carbocycles. The van der Waals surface area contributed by atoms with Crippen molar-refractivity contribution >= 4 is 11.7 Å². The highest BCUT2D eigenvalue weighted by Gasteiger charge is 2.23. The summed E-state index contributed by atoms with van der Waals surface area (Å²) in [5.41, 5.74) is 2.07. The summed E-state index contributed by atoms with van der Waals surface area (Å²) in [6, 6.07) is 9.89. The lowest BCUT2D eigenvalue weighted by atomic mass is 9.83. The van der Waals surface area contributed by atoms with Gasteiger partial charge in [-0.25, -0.2) is 9.37 Å². The first-order valence-electron chi connectivity index (χ1n) is 9.64. The fourth-order valence-electron chi connectivity index (χ4n) is 3.92. The maximum Gasteiger partial charge on any atom is 0.257 e. The minimum absolute atomic E-state index is 0.263. The molecule has 1 N–H and O–H groups in total. The Balaban J connectivity index is 1.61. The van der Waals surface area contributed by atoms with Gasteiger partial charge in [0.25, 0.3) is 5.91 Å². The molecule has 2 aromatic rings. The van der Waals surface area contributed by atoms with Gasteiger partial charge in [-0.05, 0) is 87.5 Å². The van der Waals surface area contributed by atoms with Crippen LogP contribution in [-0.2, 0) is 6.42 Å². The number of benzene rings is 1. The average molecular weight is 369 g/mol. The number of hydrogen-bond donors (Lipinski definition) is 1. The highest BCUT2D eigenvalue weighted by atomic mass is 19.1. The van der Waals surface area contributed by atoms with E-state index in [2.05, 4.69) is 29.2 Å². The Bertz CT molecular complexity index is 808. The van der Waals surface area contributed by atoms with Gasteiger partial charge in [0.15, 0.2) is 0 Å². The van der Waals surface area contributed by atoms with Crippen LogP contribution >= 0.6 is 0 Å². The van der Waals surface area contributed by atoms with E-state index in [0.717, 1.165) is 37.5 Å². The number of likely N-dealkylation sites (tertiary alicyclic amines) is 1. The van der Waals surface area contributed by atoms with Gasteiger partial charge in [0.1, 0.15) is 11.6 Å². The summed E-state index contributed by atoms with van der Waals surface area (Å²) in [7, 11) is 2.18. The number of nitrogens with zero attached hydrogens (tertiary/aromatic N) is 2. The Morgan fingerprint density at radius 3 is 2.89 bits per heavy atom. The van der Waals surface area contributed by atoms with Crippen molar-refractivity contribution in [2.24, 2.45) is 11.8 Å². The van der Waals surface area contributed by atoms with Gasteiger partial charge in [-0.15, -0.1) is 0 Å². The van der Waals surface area contributed by atoms with Gasteiger partial charge in [-0.1, -0.05) is 13.0 Å². The molecule has 1 fully saturated rings. The van der Waals surface area contributed by atoms with Crippen molar-refractivity contribution in [3.05, 3.63) is 59.0 Å². The standard InChI is InChI=1S/C22H28FN3O/c1-15-13-18(23)8-10-20(15)22(27)25-21-6-4-5-19(24-21)9-7-17-11-12-26(3)14-16(17)2/h4-6,8,10,13,16-17H,7,9,11-12,14H2,1-3H3,(H,24,25,27)/t16-,17?/m1/s1. The van der Waals surface area contributed by atoms with Crippen LogP contribution < -0.4 is 5.32 Å². The smallest absolute Gasteiger partial charge is 0.257 e. The number of carbonyl (C=O) groups excluding carboxylic acids is 1. The number of amides is 1. The molecule has 1 amide bonds. The van der Waals surface area contributed by atoms with Crippen LogP contribution in [-0.4, -0.2) is 35.9 Å². The molecule has 1 aliphatic heterocycles. The third kappa shape index (κ3) is 5.13. The van der Waals surface area contributed by atoms with E-state index in [1.807, 2.05) is 12.1 Å². The molecule has 3 rings (SSSR count). The number of hydrogen-bond acceptors (Lipinski definition) is 3. The second-order valence-electron chi connectivity index (χ2n) is 7.75. The van der Waals surface area contributed by atoms with Crippen LogP contribution in [0.3, 0.4) is 0 Å². The Labute approximate surface area is 160 Å². The number of aromatic nitrogens is 1. The van der Waals surface area contributed by atoms with Crippen LogP contribution in [0.1, 0.15) is 41.4 Å². The zero-order valence-electron chi connectivity index (χ0n) is 16.3. The number of aryl methyl sites for hydroxylation is 2. The highest BCUT2D eigenvalue weighted by molar-refractivity contribution is 6.04. The van der Waals surface area contributed by atoms with E-state index < -0.39 is 0 Å². The van der Waals surface area contributed by atoms with Crippen LogP contribution in [0.25, 0.3) is 0 Å². The van der Waals surface area contributed by atoms with Gasteiger partial charge >= 0.3 is 0 Å². The normalized spacial score (nSPS) is 20.4. The molecule has 2 heterocycles. The van der Waals surface area contributed by atoms with Crippen molar-refractivity contribution in [2.75, 3.05) is 25.5 Å². The molecule has 1 aromatic heterocycles. The summed E-state index contributed by atoms with van der Waals surface area (Å²) in [6.07, 6.45) is 3.27. The lowest BCUT2D eigenvalue weighted by Gasteiger charge is -2.34. The quantitative estimate of drug-likeness (QED) is 0.855.